The van der Waals surface area contributed by atoms with Gasteiger partial charge >= 0.3 is 6.03 Å². The number of nitrogens with one attached hydrogen (secondary N) is 2. The molecule has 9 heteroatoms. The quantitative estimate of drug-likeness (QED) is 0.610. The number of benzene rings is 2. The van der Waals surface area contributed by atoms with E-state index in [1.54, 1.807) is 25.3 Å². The molecule has 1 saturated heterocycles. The van der Waals surface area contributed by atoms with Crippen molar-refractivity contribution < 1.29 is 19.0 Å². The monoisotopic (exact) mass is 435 g/mol. The third kappa shape index (κ3) is 5.06. The number of hydrogen-bond donors (Lipinski definition) is 2. The van der Waals surface area contributed by atoms with Crippen molar-refractivity contribution in [3.8, 4) is 22.8 Å². The van der Waals surface area contributed by atoms with Crippen molar-refractivity contribution in [1.29, 1.82) is 0 Å². The van der Waals surface area contributed by atoms with Crippen LogP contribution in [0.4, 0.5) is 22.0 Å². The molecule has 2 heterocycles. The Labute approximate surface area is 186 Å². The maximum atomic E-state index is 12.4. The van der Waals surface area contributed by atoms with Crippen molar-refractivity contribution in [2.75, 3.05) is 56.1 Å². The molecular weight excluding hydrogens is 410 g/mol. The number of hydrogen-bond acceptors (Lipinski definition) is 7. The summed E-state index contributed by atoms with van der Waals surface area (Å²) in [5.74, 6) is 2.00. The second-order valence-electron chi connectivity index (χ2n) is 7.10. The van der Waals surface area contributed by atoms with Gasteiger partial charge in [-0.15, -0.1) is 10.2 Å². The molecule has 0 unspecified atom stereocenters. The fraction of sp³-hybridized carbons (Fsp3) is 0.261. The highest BCUT2D eigenvalue weighted by molar-refractivity contribution is 6.00. The highest BCUT2D eigenvalue weighted by Gasteiger charge is 2.13. The summed E-state index contributed by atoms with van der Waals surface area (Å²) >= 11 is 0. The van der Waals surface area contributed by atoms with Gasteiger partial charge < -0.3 is 29.7 Å². The molecule has 3 aromatic rings. The Morgan fingerprint density at radius 2 is 1.72 bits per heavy atom. The van der Waals surface area contributed by atoms with Crippen molar-refractivity contribution in [2.45, 2.75) is 0 Å². The van der Waals surface area contributed by atoms with Crippen LogP contribution in [0.5, 0.6) is 11.5 Å². The Bertz CT molecular complexity index is 1050. The van der Waals surface area contributed by atoms with Gasteiger partial charge in [-0.1, -0.05) is 12.1 Å². The molecule has 0 atom stereocenters. The van der Waals surface area contributed by atoms with Crippen LogP contribution in [0.3, 0.4) is 0 Å². The Kier molecular flexibility index (Phi) is 6.66. The molecule has 0 saturated carbocycles. The van der Waals surface area contributed by atoms with Crippen LogP contribution in [-0.4, -0.2) is 56.8 Å². The van der Waals surface area contributed by atoms with Gasteiger partial charge in [0.15, 0.2) is 5.82 Å². The number of methoxy groups -OCH3 is 2. The number of morpholine rings is 1. The Morgan fingerprint density at radius 1 is 0.938 bits per heavy atom. The highest BCUT2D eigenvalue weighted by atomic mass is 16.5. The minimum absolute atomic E-state index is 0.379. The van der Waals surface area contributed by atoms with Crippen LogP contribution in [0, 0.1) is 0 Å². The lowest BCUT2D eigenvalue weighted by Gasteiger charge is -2.27. The molecule has 166 valence electrons. The lowest BCUT2D eigenvalue weighted by atomic mass is 10.1. The van der Waals surface area contributed by atoms with E-state index < -0.39 is 0 Å². The largest absolute Gasteiger partial charge is 0.497 e. The van der Waals surface area contributed by atoms with E-state index in [1.807, 2.05) is 36.4 Å². The van der Waals surface area contributed by atoms with E-state index in [1.165, 1.54) is 7.11 Å². The summed E-state index contributed by atoms with van der Waals surface area (Å²) in [4.78, 5) is 14.6. The average Bonchev–Trinajstić information content (AvgIpc) is 2.85. The molecule has 0 aliphatic carbocycles. The molecular formula is C23H25N5O4. The summed E-state index contributed by atoms with van der Waals surface area (Å²) in [6, 6.07) is 16.1. The Balaban J connectivity index is 1.38. The first-order chi connectivity index (χ1) is 15.7. The minimum Gasteiger partial charge on any atom is -0.497 e. The average molecular weight is 435 g/mol. The van der Waals surface area contributed by atoms with E-state index in [0.29, 0.717) is 36.1 Å². The predicted molar refractivity (Wildman–Crippen MR) is 123 cm³/mol. The van der Waals surface area contributed by atoms with Crippen molar-refractivity contribution in [3.05, 3.63) is 54.6 Å². The summed E-state index contributed by atoms with van der Waals surface area (Å²) in [6.07, 6.45) is 0. The van der Waals surface area contributed by atoms with E-state index in [4.69, 9.17) is 14.2 Å². The maximum Gasteiger partial charge on any atom is 0.323 e. The van der Waals surface area contributed by atoms with Crippen molar-refractivity contribution >= 4 is 23.2 Å². The number of anilines is 3. The Morgan fingerprint density at radius 3 is 2.38 bits per heavy atom. The SMILES string of the molecule is COc1ccc(NC(=O)Nc2ccc(-c3ccc(N4CCOCC4)nn3)cc2)c(OC)c1. The summed E-state index contributed by atoms with van der Waals surface area (Å²) < 4.78 is 15.8. The number of carbonyl (C=O) groups excluding carboxylic acids is 1. The van der Waals surface area contributed by atoms with Gasteiger partial charge in [0.25, 0.3) is 0 Å². The molecule has 0 bridgehead atoms. The summed E-state index contributed by atoms with van der Waals surface area (Å²) in [5, 5.41) is 14.3. The summed E-state index contributed by atoms with van der Waals surface area (Å²) in [5.41, 5.74) is 2.87. The number of urea groups is 1. The van der Waals surface area contributed by atoms with Crippen LogP contribution in [0.1, 0.15) is 0 Å². The fourth-order valence-corrected chi connectivity index (χ4v) is 3.35. The van der Waals surface area contributed by atoms with Gasteiger partial charge in [0.2, 0.25) is 0 Å². The van der Waals surface area contributed by atoms with Gasteiger partial charge in [-0.05, 0) is 36.4 Å². The van der Waals surface area contributed by atoms with Crippen molar-refractivity contribution in [3.63, 3.8) is 0 Å². The van der Waals surface area contributed by atoms with Gasteiger partial charge in [0.05, 0.1) is 38.8 Å². The van der Waals surface area contributed by atoms with Crippen LogP contribution in [0.2, 0.25) is 0 Å². The van der Waals surface area contributed by atoms with E-state index in [-0.39, 0.29) is 6.03 Å². The number of ether oxygens (including phenoxy) is 3. The first-order valence-corrected chi connectivity index (χ1v) is 10.2. The number of aromatic nitrogens is 2. The maximum absolute atomic E-state index is 12.4. The molecule has 1 fully saturated rings. The fourth-order valence-electron chi connectivity index (χ4n) is 3.35. The van der Waals surface area contributed by atoms with Crippen molar-refractivity contribution in [1.82, 2.24) is 10.2 Å². The third-order valence-corrected chi connectivity index (χ3v) is 5.08. The lowest BCUT2D eigenvalue weighted by Crippen LogP contribution is -2.36. The van der Waals surface area contributed by atoms with E-state index in [9.17, 15) is 4.79 Å². The van der Waals surface area contributed by atoms with E-state index >= 15 is 0 Å². The second kappa shape index (κ2) is 9.97. The van der Waals surface area contributed by atoms with Gasteiger partial charge in [-0.25, -0.2) is 4.79 Å². The first kappa shape index (κ1) is 21.4. The van der Waals surface area contributed by atoms with Gasteiger partial charge in [0.1, 0.15) is 11.5 Å². The van der Waals surface area contributed by atoms with E-state index in [2.05, 4.69) is 25.7 Å². The third-order valence-electron chi connectivity index (χ3n) is 5.08. The number of nitrogens with zero attached hydrogens (tertiary/aromatic N) is 3. The zero-order valence-corrected chi connectivity index (χ0v) is 18.0. The smallest absolute Gasteiger partial charge is 0.323 e. The molecule has 4 rings (SSSR count). The normalized spacial score (nSPS) is 13.4. The van der Waals surface area contributed by atoms with E-state index in [0.717, 1.165) is 30.2 Å². The Hall–Kier alpha value is -3.85. The zero-order valence-electron chi connectivity index (χ0n) is 18.0. The molecule has 2 N–H and O–H groups in total. The molecule has 2 aromatic carbocycles. The van der Waals surface area contributed by atoms with Crippen LogP contribution in [0.25, 0.3) is 11.3 Å². The van der Waals surface area contributed by atoms with Gasteiger partial charge in [-0.2, -0.15) is 0 Å². The minimum atomic E-state index is -0.379. The standard InChI is InChI=1S/C23H25N5O4/c1-30-18-7-8-20(21(15-18)31-2)25-23(29)24-17-5-3-16(4-6-17)19-9-10-22(27-26-19)28-11-13-32-14-12-28/h3-10,15H,11-14H2,1-2H3,(H2,24,25,29). The number of rotatable bonds is 6. The summed E-state index contributed by atoms with van der Waals surface area (Å²) in [6.45, 7) is 3.05. The van der Waals surface area contributed by atoms with Crippen LogP contribution < -0.4 is 25.0 Å². The molecule has 32 heavy (non-hydrogen) atoms. The van der Waals surface area contributed by atoms with Crippen molar-refractivity contribution in [2.24, 2.45) is 0 Å². The van der Waals surface area contributed by atoms with Gasteiger partial charge in [-0.3, -0.25) is 0 Å². The van der Waals surface area contributed by atoms with Crippen LogP contribution in [-0.2, 0) is 4.74 Å². The molecule has 1 aliphatic rings. The topological polar surface area (TPSA) is 97.8 Å². The predicted octanol–water partition coefficient (Wildman–Crippen LogP) is 3.64. The van der Waals surface area contributed by atoms with Gasteiger partial charge in [0, 0.05) is 30.4 Å². The zero-order chi connectivity index (χ0) is 22.3. The first-order valence-electron chi connectivity index (χ1n) is 10.2. The van der Waals surface area contributed by atoms with Crippen LogP contribution >= 0.6 is 0 Å². The lowest BCUT2D eigenvalue weighted by molar-refractivity contribution is 0.122. The molecule has 0 spiro atoms. The molecule has 9 nitrogen and oxygen atoms in total. The number of carbonyl (C=O) groups is 1. The molecule has 2 amide bonds. The van der Waals surface area contributed by atoms with Crippen LogP contribution in [0.15, 0.2) is 54.6 Å². The highest BCUT2D eigenvalue weighted by Crippen LogP contribution is 2.29. The number of amides is 2. The molecule has 1 aromatic heterocycles. The summed E-state index contributed by atoms with van der Waals surface area (Å²) in [7, 11) is 3.11. The molecule has 0 radical (unpaired) electrons. The second-order valence-corrected chi connectivity index (χ2v) is 7.10. The molecule has 1 aliphatic heterocycles.